The van der Waals surface area contributed by atoms with E-state index >= 15 is 0 Å². The Morgan fingerprint density at radius 2 is 2.17 bits per heavy atom. The van der Waals surface area contributed by atoms with Gasteiger partial charge in [-0.1, -0.05) is 28.1 Å². The van der Waals surface area contributed by atoms with Crippen molar-refractivity contribution in [2.24, 2.45) is 0 Å². The number of rotatable bonds is 5. The average Bonchev–Trinajstić information content (AvgIpc) is 2.56. The molecule has 2 amide bonds. The third-order valence-electron chi connectivity index (χ3n) is 3.84. The molecule has 0 radical (unpaired) electrons. The Balaban J connectivity index is 1.90. The quantitative estimate of drug-likeness (QED) is 0.793. The molecule has 23 heavy (non-hydrogen) atoms. The van der Waals surface area contributed by atoms with E-state index in [1.54, 1.807) is 12.0 Å². The SMILES string of the molecule is COCCNC(=O)N1CCN(C(C#N)c2cccc(Br)c2)CC1. The maximum atomic E-state index is 12.0. The number of carbonyl (C=O) groups excluding carboxylic acids is 1. The van der Waals surface area contributed by atoms with Crippen molar-refractivity contribution in [2.45, 2.75) is 6.04 Å². The maximum absolute atomic E-state index is 12.0. The van der Waals surface area contributed by atoms with Crippen molar-refractivity contribution >= 4 is 22.0 Å². The first-order valence-corrected chi connectivity index (χ1v) is 8.36. The Hall–Kier alpha value is -1.62. The number of piperazine rings is 1. The number of nitriles is 1. The maximum Gasteiger partial charge on any atom is 0.317 e. The molecule has 0 aromatic heterocycles. The number of benzene rings is 1. The molecule has 0 bridgehead atoms. The number of hydrogen-bond acceptors (Lipinski definition) is 4. The smallest absolute Gasteiger partial charge is 0.317 e. The summed E-state index contributed by atoms with van der Waals surface area (Å²) < 4.78 is 5.88. The Kier molecular flexibility index (Phi) is 6.84. The molecule has 2 rings (SSSR count). The fourth-order valence-corrected chi connectivity index (χ4v) is 3.02. The minimum Gasteiger partial charge on any atom is -0.383 e. The highest BCUT2D eigenvalue weighted by molar-refractivity contribution is 9.10. The van der Waals surface area contributed by atoms with Gasteiger partial charge in [-0.2, -0.15) is 5.26 Å². The highest BCUT2D eigenvalue weighted by Crippen LogP contribution is 2.24. The Bertz CT molecular complexity index is 567. The number of hydrogen-bond donors (Lipinski definition) is 1. The summed E-state index contributed by atoms with van der Waals surface area (Å²) in [5.41, 5.74) is 0.972. The lowest BCUT2D eigenvalue weighted by atomic mass is 10.1. The van der Waals surface area contributed by atoms with Crippen LogP contribution in [0.3, 0.4) is 0 Å². The molecule has 1 saturated heterocycles. The van der Waals surface area contributed by atoms with Gasteiger partial charge in [-0.15, -0.1) is 0 Å². The van der Waals surface area contributed by atoms with Crippen LogP contribution in [0.25, 0.3) is 0 Å². The second-order valence-corrected chi connectivity index (χ2v) is 6.25. The largest absolute Gasteiger partial charge is 0.383 e. The van der Waals surface area contributed by atoms with Crippen molar-refractivity contribution in [2.75, 3.05) is 46.4 Å². The topological polar surface area (TPSA) is 68.6 Å². The third kappa shape index (κ3) is 4.93. The van der Waals surface area contributed by atoms with Gasteiger partial charge in [-0.3, -0.25) is 4.90 Å². The molecule has 1 aliphatic heterocycles. The monoisotopic (exact) mass is 380 g/mol. The second kappa shape index (κ2) is 8.87. The molecule has 1 aromatic rings. The molecule has 1 N–H and O–H groups in total. The lowest BCUT2D eigenvalue weighted by molar-refractivity contribution is 0.122. The zero-order valence-corrected chi connectivity index (χ0v) is 14.8. The second-order valence-electron chi connectivity index (χ2n) is 5.33. The molecule has 1 aromatic carbocycles. The predicted molar refractivity (Wildman–Crippen MR) is 90.9 cm³/mol. The molecule has 0 saturated carbocycles. The fraction of sp³-hybridized carbons (Fsp3) is 0.500. The van der Waals surface area contributed by atoms with Gasteiger partial charge in [0.1, 0.15) is 6.04 Å². The van der Waals surface area contributed by atoms with Crippen LogP contribution in [0.1, 0.15) is 11.6 Å². The fourth-order valence-electron chi connectivity index (χ4n) is 2.60. The van der Waals surface area contributed by atoms with E-state index in [9.17, 15) is 10.1 Å². The van der Waals surface area contributed by atoms with E-state index in [1.807, 2.05) is 24.3 Å². The molecule has 1 atom stereocenters. The Morgan fingerprint density at radius 3 is 2.78 bits per heavy atom. The van der Waals surface area contributed by atoms with Crippen LogP contribution in [0.15, 0.2) is 28.7 Å². The number of urea groups is 1. The van der Waals surface area contributed by atoms with Crippen molar-refractivity contribution in [1.29, 1.82) is 5.26 Å². The summed E-state index contributed by atoms with van der Waals surface area (Å²) in [6.45, 7) is 3.61. The summed E-state index contributed by atoms with van der Waals surface area (Å²) in [6.07, 6.45) is 0. The Morgan fingerprint density at radius 1 is 1.43 bits per heavy atom. The first-order valence-electron chi connectivity index (χ1n) is 7.56. The summed E-state index contributed by atoms with van der Waals surface area (Å²) in [7, 11) is 1.61. The Labute approximate surface area is 145 Å². The van der Waals surface area contributed by atoms with Crippen LogP contribution in [0, 0.1) is 11.3 Å². The van der Waals surface area contributed by atoms with E-state index in [0.717, 1.165) is 10.0 Å². The molecular formula is C16H21BrN4O2. The van der Waals surface area contributed by atoms with Crippen LogP contribution < -0.4 is 5.32 Å². The van der Waals surface area contributed by atoms with Gasteiger partial charge < -0.3 is 15.0 Å². The van der Waals surface area contributed by atoms with Gasteiger partial charge >= 0.3 is 6.03 Å². The molecular weight excluding hydrogens is 360 g/mol. The minimum absolute atomic E-state index is 0.0716. The van der Waals surface area contributed by atoms with Crippen LogP contribution >= 0.6 is 15.9 Å². The van der Waals surface area contributed by atoms with Crippen molar-refractivity contribution < 1.29 is 9.53 Å². The normalized spacial score (nSPS) is 16.7. The first-order chi connectivity index (χ1) is 11.2. The molecule has 0 spiro atoms. The number of ether oxygens (including phenoxy) is 1. The number of halogens is 1. The van der Waals surface area contributed by atoms with Crippen molar-refractivity contribution in [3.05, 3.63) is 34.3 Å². The lowest BCUT2D eigenvalue weighted by Gasteiger charge is -2.37. The summed E-state index contributed by atoms with van der Waals surface area (Å²) >= 11 is 3.44. The number of carbonyl (C=O) groups is 1. The van der Waals surface area contributed by atoms with Crippen molar-refractivity contribution in [1.82, 2.24) is 15.1 Å². The zero-order chi connectivity index (χ0) is 16.7. The number of amides is 2. The third-order valence-corrected chi connectivity index (χ3v) is 4.33. The molecule has 1 heterocycles. The van der Waals surface area contributed by atoms with Gasteiger partial charge in [0.05, 0.1) is 12.7 Å². The van der Waals surface area contributed by atoms with Gasteiger partial charge in [0.25, 0.3) is 0 Å². The van der Waals surface area contributed by atoms with E-state index in [1.165, 1.54) is 0 Å². The summed E-state index contributed by atoms with van der Waals surface area (Å²) in [6, 6.07) is 9.82. The highest BCUT2D eigenvalue weighted by Gasteiger charge is 2.26. The van der Waals surface area contributed by atoms with E-state index < -0.39 is 0 Å². The van der Waals surface area contributed by atoms with Crippen molar-refractivity contribution in [3.8, 4) is 6.07 Å². The zero-order valence-electron chi connectivity index (χ0n) is 13.2. The lowest BCUT2D eigenvalue weighted by Crippen LogP contribution is -2.52. The molecule has 124 valence electrons. The number of nitrogens with one attached hydrogen (secondary N) is 1. The summed E-state index contributed by atoms with van der Waals surface area (Å²) in [4.78, 5) is 15.9. The van der Waals surface area contributed by atoms with E-state index in [0.29, 0.717) is 39.3 Å². The van der Waals surface area contributed by atoms with Crippen LogP contribution in [-0.2, 0) is 4.74 Å². The number of nitrogens with zero attached hydrogens (tertiary/aromatic N) is 3. The van der Waals surface area contributed by atoms with Crippen LogP contribution in [-0.4, -0.2) is 62.3 Å². The van der Waals surface area contributed by atoms with Crippen LogP contribution in [0.4, 0.5) is 4.79 Å². The average molecular weight is 381 g/mol. The van der Waals surface area contributed by atoms with Gasteiger partial charge in [0.15, 0.2) is 0 Å². The van der Waals surface area contributed by atoms with E-state index in [4.69, 9.17) is 4.74 Å². The molecule has 1 fully saturated rings. The highest BCUT2D eigenvalue weighted by atomic mass is 79.9. The van der Waals surface area contributed by atoms with E-state index in [-0.39, 0.29) is 12.1 Å². The molecule has 7 heteroatoms. The standard InChI is InChI=1S/C16H21BrN4O2/c1-23-10-5-19-16(22)21-8-6-20(7-9-21)15(12-18)13-3-2-4-14(17)11-13/h2-4,11,15H,5-10H2,1H3,(H,19,22). The van der Waals surface area contributed by atoms with Gasteiger partial charge in [0, 0.05) is 44.3 Å². The van der Waals surface area contributed by atoms with E-state index in [2.05, 4.69) is 32.2 Å². The first kappa shape index (κ1) is 17.7. The molecule has 1 unspecified atom stereocenters. The van der Waals surface area contributed by atoms with Crippen LogP contribution in [0.2, 0.25) is 0 Å². The molecule has 1 aliphatic rings. The minimum atomic E-state index is -0.286. The van der Waals surface area contributed by atoms with Crippen LogP contribution in [0.5, 0.6) is 0 Å². The van der Waals surface area contributed by atoms with Gasteiger partial charge in [-0.05, 0) is 17.7 Å². The summed E-state index contributed by atoms with van der Waals surface area (Å²) in [5, 5.41) is 12.3. The molecule has 0 aliphatic carbocycles. The predicted octanol–water partition coefficient (Wildman–Crippen LogP) is 1.99. The molecule has 6 nitrogen and oxygen atoms in total. The van der Waals surface area contributed by atoms with Crippen molar-refractivity contribution in [3.63, 3.8) is 0 Å². The van der Waals surface area contributed by atoms with Gasteiger partial charge in [-0.25, -0.2) is 4.79 Å². The van der Waals surface area contributed by atoms with Gasteiger partial charge in [0.2, 0.25) is 0 Å². The summed E-state index contributed by atoms with van der Waals surface area (Å²) in [5.74, 6) is 0. The number of methoxy groups -OCH3 is 1.